The molecule has 0 unspecified atom stereocenters. The first-order valence-corrected chi connectivity index (χ1v) is 11.9. The van der Waals surface area contributed by atoms with E-state index in [1.165, 1.54) is 16.9 Å². The van der Waals surface area contributed by atoms with Crippen molar-refractivity contribution in [2.75, 3.05) is 20.2 Å². The minimum Gasteiger partial charge on any atom is -0.464 e. The molecule has 2 atom stereocenters. The third-order valence-electron chi connectivity index (χ3n) is 5.72. The summed E-state index contributed by atoms with van der Waals surface area (Å²) >= 11 is 7.79. The number of hydrogen-bond acceptors (Lipinski definition) is 7. The third kappa shape index (κ3) is 5.79. The standard InChI is InChI=1S/C23H26ClN5O3S/c1-15-6-7-19(33-15)13-28-12-18(29-14-20(26-27-29)23(31)32-2)11-21(28)22(30)25-9-8-16-4-3-5-17(24)10-16/h3-7,10,14,18,21H,8-9,11-13H2,1-2H3,(H,25,30)/t18-,21+/m1/s1. The molecule has 10 heteroatoms. The Labute approximate surface area is 201 Å². The molecular weight excluding hydrogens is 462 g/mol. The van der Waals surface area contributed by atoms with Crippen LogP contribution < -0.4 is 5.32 Å². The number of esters is 1. The smallest absolute Gasteiger partial charge is 0.360 e. The monoisotopic (exact) mass is 487 g/mol. The van der Waals surface area contributed by atoms with Crippen LogP contribution in [0.15, 0.2) is 42.6 Å². The van der Waals surface area contributed by atoms with Crippen molar-refractivity contribution in [2.45, 2.75) is 38.4 Å². The largest absolute Gasteiger partial charge is 0.464 e. The molecule has 33 heavy (non-hydrogen) atoms. The molecular formula is C23H26ClN5O3S. The second kappa shape index (κ2) is 10.5. The average molecular weight is 488 g/mol. The van der Waals surface area contributed by atoms with Crippen molar-refractivity contribution in [3.8, 4) is 0 Å². The topological polar surface area (TPSA) is 89.4 Å². The van der Waals surface area contributed by atoms with E-state index in [1.54, 1.807) is 22.2 Å². The van der Waals surface area contributed by atoms with Crippen LogP contribution in [0.5, 0.6) is 0 Å². The van der Waals surface area contributed by atoms with Crippen molar-refractivity contribution in [3.05, 3.63) is 68.6 Å². The van der Waals surface area contributed by atoms with Crippen molar-refractivity contribution in [1.29, 1.82) is 0 Å². The highest BCUT2D eigenvalue weighted by molar-refractivity contribution is 7.11. The van der Waals surface area contributed by atoms with Gasteiger partial charge < -0.3 is 10.1 Å². The molecule has 0 spiro atoms. The number of carbonyl (C=O) groups is 2. The maximum absolute atomic E-state index is 13.2. The number of halogens is 1. The van der Waals surface area contributed by atoms with E-state index in [4.69, 9.17) is 16.3 Å². The Morgan fingerprint density at radius 1 is 1.30 bits per heavy atom. The minimum atomic E-state index is -0.527. The molecule has 0 aliphatic carbocycles. The number of aromatic nitrogens is 3. The fourth-order valence-corrected chi connectivity index (χ4v) is 5.21. The lowest BCUT2D eigenvalue weighted by Crippen LogP contribution is -2.43. The van der Waals surface area contributed by atoms with Crippen LogP contribution in [0, 0.1) is 6.92 Å². The molecule has 1 aliphatic rings. The highest BCUT2D eigenvalue weighted by Gasteiger charge is 2.38. The van der Waals surface area contributed by atoms with Gasteiger partial charge in [-0.25, -0.2) is 9.48 Å². The molecule has 0 saturated carbocycles. The predicted molar refractivity (Wildman–Crippen MR) is 126 cm³/mol. The molecule has 8 nitrogen and oxygen atoms in total. The first-order chi connectivity index (χ1) is 15.9. The quantitative estimate of drug-likeness (QED) is 0.490. The number of thiophene rings is 1. The number of carbonyl (C=O) groups excluding carboxylic acids is 2. The van der Waals surface area contributed by atoms with E-state index in [1.807, 2.05) is 24.3 Å². The van der Waals surface area contributed by atoms with Crippen molar-refractivity contribution in [1.82, 2.24) is 25.2 Å². The summed E-state index contributed by atoms with van der Waals surface area (Å²) in [5.41, 5.74) is 1.24. The van der Waals surface area contributed by atoms with Gasteiger partial charge in [-0.3, -0.25) is 9.69 Å². The lowest BCUT2D eigenvalue weighted by molar-refractivity contribution is -0.125. The Morgan fingerprint density at radius 3 is 2.88 bits per heavy atom. The molecule has 174 valence electrons. The number of aryl methyl sites for hydroxylation is 1. The van der Waals surface area contributed by atoms with Gasteiger partial charge >= 0.3 is 5.97 Å². The molecule has 1 aromatic carbocycles. The number of hydrogen-bond donors (Lipinski definition) is 1. The van der Waals surface area contributed by atoms with Gasteiger partial charge in [0.05, 0.1) is 25.4 Å². The molecule has 3 aromatic rings. The molecule has 4 rings (SSSR count). The lowest BCUT2D eigenvalue weighted by atomic mass is 10.1. The predicted octanol–water partition coefficient (Wildman–Crippen LogP) is 3.26. The average Bonchev–Trinajstić information content (AvgIpc) is 3.53. The third-order valence-corrected chi connectivity index (χ3v) is 6.94. The van der Waals surface area contributed by atoms with Crippen LogP contribution >= 0.6 is 22.9 Å². The van der Waals surface area contributed by atoms with Gasteiger partial charge in [-0.1, -0.05) is 28.9 Å². The summed E-state index contributed by atoms with van der Waals surface area (Å²) in [4.78, 5) is 29.5. The highest BCUT2D eigenvalue weighted by Crippen LogP contribution is 2.30. The maximum atomic E-state index is 13.2. The second-order valence-corrected chi connectivity index (χ2v) is 9.90. The first-order valence-electron chi connectivity index (χ1n) is 10.7. The van der Waals surface area contributed by atoms with Crippen LogP contribution in [-0.4, -0.2) is 58.0 Å². The second-order valence-electron chi connectivity index (χ2n) is 8.09. The Bertz CT molecular complexity index is 1130. The molecule has 3 heterocycles. The number of rotatable bonds is 8. The molecule has 1 aliphatic heterocycles. The summed E-state index contributed by atoms with van der Waals surface area (Å²) in [6.45, 7) is 3.92. The van der Waals surface area contributed by atoms with E-state index in [9.17, 15) is 9.59 Å². The van der Waals surface area contributed by atoms with Crippen LogP contribution in [0.1, 0.15) is 38.3 Å². The number of nitrogens with zero attached hydrogens (tertiary/aromatic N) is 4. The molecule has 1 fully saturated rings. The van der Waals surface area contributed by atoms with Crippen molar-refractivity contribution < 1.29 is 14.3 Å². The van der Waals surface area contributed by atoms with Gasteiger partial charge in [0.25, 0.3) is 0 Å². The van der Waals surface area contributed by atoms with Crippen LogP contribution in [0.4, 0.5) is 0 Å². The number of benzene rings is 1. The van der Waals surface area contributed by atoms with Gasteiger partial charge in [0.1, 0.15) is 0 Å². The van der Waals surface area contributed by atoms with Gasteiger partial charge in [0.15, 0.2) is 5.69 Å². The highest BCUT2D eigenvalue weighted by atomic mass is 35.5. The zero-order chi connectivity index (χ0) is 23.4. The fraction of sp³-hybridized carbons (Fsp3) is 0.391. The SMILES string of the molecule is COC(=O)c1cn([C@@H]2C[C@@H](C(=O)NCCc3cccc(Cl)c3)N(Cc3ccc(C)s3)C2)nn1. The van der Waals surface area contributed by atoms with Crippen LogP contribution in [0.3, 0.4) is 0 Å². The van der Waals surface area contributed by atoms with Crippen molar-refractivity contribution in [2.24, 2.45) is 0 Å². The van der Waals surface area contributed by atoms with Crippen molar-refractivity contribution >= 4 is 34.8 Å². The Hall–Kier alpha value is -2.75. The summed E-state index contributed by atoms with van der Waals surface area (Å²) in [7, 11) is 1.31. The summed E-state index contributed by atoms with van der Waals surface area (Å²) in [6.07, 6.45) is 2.87. The van der Waals surface area contributed by atoms with Crippen LogP contribution in [0.25, 0.3) is 0 Å². The summed E-state index contributed by atoms with van der Waals surface area (Å²) in [5.74, 6) is -0.540. The lowest BCUT2D eigenvalue weighted by Gasteiger charge is -2.22. The van der Waals surface area contributed by atoms with Gasteiger partial charge in [-0.05, 0) is 49.6 Å². The summed E-state index contributed by atoms with van der Waals surface area (Å²) < 4.78 is 6.39. The van der Waals surface area contributed by atoms with Gasteiger partial charge in [0, 0.05) is 34.4 Å². The Balaban J connectivity index is 1.44. The molecule has 0 bridgehead atoms. The molecule has 0 radical (unpaired) electrons. The minimum absolute atomic E-state index is 0.0129. The van der Waals surface area contributed by atoms with Gasteiger partial charge in [0.2, 0.25) is 5.91 Å². The fourth-order valence-electron chi connectivity index (χ4n) is 4.08. The van der Waals surface area contributed by atoms with E-state index < -0.39 is 5.97 Å². The Kier molecular flexibility index (Phi) is 7.42. The van der Waals surface area contributed by atoms with Crippen molar-refractivity contribution in [3.63, 3.8) is 0 Å². The maximum Gasteiger partial charge on any atom is 0.360 e. The van der Waals surface area contributed by atoms with Crippen LogP contribution in [0.2, 0.25) is 5.02 Å². The van der Waals surface area contributed by atoms with E-state index in [0.29, 0.717) is 37.5 Å². The van der Waals surface area contributed by atoms with E-state index in [-0.39, 0.29) is 23.7 Å². The normalized spacial score (nSPS) is 18.4. The molecule has 2 aromatic heterocycles. The number of amides is 1. The van der Waals surface area contributed by atoms with Crippen LogP contribution in [-0.2, 0) is 22.5 Å². The van der Waals surface area contributed by atoms with Gasteiger partial charge in [-0.15, -0.1) is 16.4 Å². The number of methoxy groups -OCH3 is 1. The zero-order valence-corrected chi connectivity index (χ0v) is 20.1. The van der Waals surface area contributed by atoms with E-state index in [2.05, 4.69) is 39.6 Å². The molecule has 1 N–H and O–H groups in total. The van der Waals surface area contributed by atoms with E-state index in [0.717, 1.165) is 5.56 Å². The number of nitrogens with one attached hydrogen (secondary N) is 1. The first kappa shape index (κ1) is 23.4. The molecule has 1 saturated heterocycles. The van der Waals surface area contributed by atoms with E-state index >= 15 is 0 Å². The zero-order valence-electron chi connectivity index (χ0n) is 18.5. The number of likely N-dealkylation sites (tertiary alicyclic amines) is 1. The molecule has 1 amide bonds. The number of ether oxygens (including phenoxy) is 1. The summed E-state index contributed by atoms with van der Waals surface area (Å²) in [6, 6.07) is 11.5. The summed E-state index contributed by atoms with van der Waals surface area (Å²) in [5, 5.41) is 11.8. The van der Waals surface area contributed by atoms with Gasteiger partial charge in [-0.2, -0.15) is 0 Å². The Morgan fingerprint density at radius 2 is 2.15 bits per heavy atom.